The fourth-order valence-electron chi connectivity index (χ4n) is 3.34. The summed E-state index contributed by atoms with van der Waals surface area (Å²) in [4.78, 5) is 14.9. The number of rotatable bonds is 2. The van der Waals surface area contributed by atoms with E-state index in [0.717, 1.165) is 36.4 Å². The monoisotopic (exact) mass is 344 g/mol. The molecule has 3 rings (SSSR count). The van der Waals surface area contributed by atoms with Gasteiger partial charge in [0.15, 0.2) is 0 Å². The summed E-state index contributed by atoms with van der Waals surface area (Å²) in [5, 5.41) is 0.805. The number of halogens is 2. The molecule has 1 amide bonds. The minimum absolute atomic E-state index is 0. The summed E-state index contributed by atoms with van der Waals surface area (Å²) >= 11 is 6.23. The second-order valence-corrected chi connectivity index (χ2v) is 6.36. The summed E-state index contributed by atoms with van der Waals surface area (Å²) in [5.41, 5.74) is 7.84. The number of amides is 1. The van der Waals surface area contributed by atoms with Crippen LogP contribution in [0.5, 0.6) is 0 Å². The first-order valence-corrected chi connectivity index (χ1v) is 7.87. The zero-order valence-corrected chi connectivity index (χ0v) is 14.1. The van der Waals surface area contributed by atoms with Crippen LogP contribution in [0.15, 0.2) is 18.2 Å². The fraction of sp³-hybridized carbons (Fsp3) is 0.562. The molecule has 1 aromatic rings. The lowest BCUT2D eigenvalue weighted by Crippen LogP contribution is -2.51. The Bertz CT molecular complexity index is 545. The van der Waals surface area contributed by atoms with Crippen molar-refractivity contribution in [2.75, 3.05) is 26.3 Å². The Kier molecular flexibility index (Phi) is 5.72. The van der Waals surface area contributed by atoms with Crippen LogP contribution in [0, 0.1) is 5.41 Å². The van der Waals surface area contributed by atoms with E-state index in [1.54, 1.807) is 0 Å². The molecule has 0 unspecified atom stereocenters. The van der Waals surface area contributed by atoms with E-state index in [-0.39, 0.29) is 18.3 Å². The van der Waals surface area contributed by atoms with E-state index in [0.29, 0.717) is 26.3 Å². The van der Waals surface area contributed by atoms with Crippen molar-refractivity contribution in [3.63, 3.8) is 0 Å². The Morgan fingerprint density at radius 3 is 2.77 bits per heavy atom. The fourth-order valence-corrected chi connectivity index (χ4v) is 3.63. The molecule has 1 aromatic carbocycles. The molecule has 2 heterocycles. The number of benzene rings is 1. The molecule has 0 aliphatic carbocycles. The summed E-state index contributed by atoms with van der Waals surface area (Å²) in [6.07, 6.45) is 2.26. The van der Waals surface area contributed by atoms with E-state index in [2.05, 4.69) is 6.07 Å². The molecule has 2 N–H and O–H groups in total. The lowest BCUT2D eigenvalue weighted by Gasteiger charge is -2.40. The number of fused-ring (bicyclic) bond motifs is 1. The van der Waals surface area contributed by atoms with Gasteiger partial charge in [0, 0.05) is 37.9 Å². The Hall–Kier alpha value is -0.810. The number of ether oxygens (including phenoxy) is 1. The van der Waals surface area contributed by atoms with E-state index >= 15 is 0 Å². The molecular weight excluding hydrogens is 323 g/mol. The van der Waals surface area contributed by atoms with Gasteiger partial charge >= 0.3 is 0 Å². The molecule has 4 nitrogen and oxygen atoms in total. The summed E-state index contributed by atoms with van der Waals surface area (Å²) < 4.78 is 5.39. The SMILES string of the molecule is Cl.NCC1(C(=O)N2CCc3c(Cl)cccc3C2)CCOCC1. The Labute approximate surface area is 142 Å². The van der Waals surface area contributed by atoms with E-state index in [4.69, 9.17) is 22.1 Å². The van der Waals surface area contributed by atoms with Crippen molar-refractivity contribution in [2.45, 2.75) is 25.8 Å². The largest absolute Gasteiger partial charge is 0.381 e. The van der Waals surface area contributed by atoms with Gasteiger partial charge in [0.1, 0.15) is 0 Å². The average Bonchev–Trinajstić information content (AvgIpc) is 2.54. The predicted molar refractivity (Wildman–Crippen MR) is 89.4 cm³/mol. The van der Waals surface area contributed by atoms with Gasteiger partial charge in [-0.2, -0.15) is 0 Å². The number of carbonyl (C=O) groups excluding carboxylic acids is 1. The molecule has 0 saturated carbocycles. The highest BCUT2D eigenvalue weighted by molar-refractivity contribution is 6.31. The zero-order valence-electron chi connectivity index (χ0n) is 12.5. The number of hydrogen-bond donors (Lipinski definition) is 1. The van der Waals surface area contributed by atoms with Crippen LogP contribution in [-0.4, -0.2) is 37.1 Å². The molecule has 1 saturated heterocycles. The first-order valence-electron chi connectivity index (χ1n) is 7.50. The second kappa shape index (κ2) is 7.18. The van der Waals surface area contributed by atoms with Crippen molar-refractivity contribution in [1.82, 2.24) is 4.90 Å². The molecule has 2 aliphatic rings. The standard InChI is InChI=1S/C16H21ClN2O2.ClH/c17-14-3-1-2-12-10-19(7-4-13(12)14)15(20)16(11-18)5-8-21-9-6-16;/h1-3H,4-11,18H2;1H. The maximum Gasteiger partial charge on any atom is 0.230 e. The van der Waals surface area contributed by atoms with Gasteiger partial charge in [0.2, 0.25) is 5.91 Å². The van der Waals surface area contributed by atoms with Gasteiger partial charge in [-0.05, 0) is 36.5 Å². The quantitative estimate of drug-likeness (QED) is 0.896. The van der Waals surface area contributed by atoms with Crippen molar-refractivity contribution in [1.29, 1.82) is 0 Å². The van der Waals surface area contributed by atoms with Crippen LogP contribution in [0.4, 0.5) is 0 Å². The third-order valence-corrected chi connectivity index (χ3v) is 5.14. The Morgan fingerprint density at radius 2 is 2.09 bits per heavy atom. The van der Waals surface area contributed by atoms with Gasteiger partial charge in [-0.15, -0.1) is 12.4 Å². The molecule has 0 atom stereocenters. The molecular formula is C16H22Cl2N2O2. The van der Waals surface area contributed by atoms with Gasteiger partial charge in [-0.1, -0.05) is 23.7 Å². The van der Waals surface area contributed by atoms with Gasteiger partial charge in [-0.25, -0.2) is 0 Å². The molecule has 0 radical (unpaired) electrons. The van der Waals surface area contributed by atoms with E-state index in [9.17, 15) is 4.79 Å². The van der Waals surface area contributed by atoms with Crippen LogP contribution >= 0.6 is 24.0 Å². The highest BCUT2D eigenvalue weighted by Gasteiger charge is 2.42. The molecule has 2 aliphatic heterocycles. The highest BCUT2D eigenvalue weighted by atomic mass is 35.5. The van der Waals surface area contributed by atoms with E-state index in [1.165, 1.54) is 5.56 Å². The third-order valence-electron chi connectivity index (χ3n) is 4.79. The molecule has 22 heavy (non-hydrogen) atoms. The molecule has 0 bridgehead atoms. The first kappa shape index (κ1) is 17.5. The number of hydrogen-bond acceptors (Lipinski definition) is 3. The smallest absolute Gasteiger partial charge is 0.230 e. The second-order valence-electron chi connectivity index (χ2n) is 5.95. The van der Waals surface area contributed by atoms with Crippen LogP contribution < -0.4 is 5.73 Å². The molecule has 6 heteroatoms. The van der Waals surface area contributed by atoms with Crippen molar-refractivity contribution in [3.05, 3.63) is 34.3 Å². The van der Waals surface area contributed by atoms with Crippen LogP contribution in [0.3, 0.4) is 0 Å². The van der Waals surface area contributed by atoms with Crippen LogP contribution in [0.25, 0.3) is 0 Å². The van der Waals surface area contributed by atoms with Crippen molar-refractivity contribution in [2.24, 2.45) is 11.1 Å². The highest BCUT2D eigenvalue weighted by Crippen LogP contribution is 2.34. The third kappa shape index (κ3) is 3.11. The summed E-state index contributed by atoms with van der Waals surface area (Å²) in [5.74, 6) is 0.180. The zero-order chi connectivity index (χ0) is 14.9. The van der Waals surface area contributed by atoms with Crippen molar-refractivity contribution >= 4 is 29.9 Å². The van der Waals surface area contributed by atoms with Crippen molar-refractivity contribution in [3.8, 4) is 0 Å². The normalized spacial score (nSPS) is 20.0. The Balaban J connectivity index is 0.00000176. The van der Waals surface area contributed by atoms with Crippen molar-refractivity contribution < 1.29 is 9.53 Å². The number of nitrogens with zero attached hydrogens (tertiary/aromatic N) is 1. The lowest BCUT2D eigenvalue weighted by molar-refractivity contribution is -0.148. The minimum Gasteiger partial charge on any atom is -0.381 e. The summed E-state index contributed by atoms with van der Waals surface area (Å²) in [6.45, 7) is 3.00. The summed E-state index contributed by atoms with van der Waals surface area (Å²) in [6, 6.07) is 5.92. The van der Waals surface area contributed by atoms with Crippen LogP contribution in [0.2, 0.25) is 5.02 Å². The maximum absolute atomic E-state index is 13.0. The predicted octanol–water partition coefficient (Wildman–Crippen LogP) is 2.40. The number of nitrogens with two attached hydrogens (primary N) is 1. The topological polar surface area (TPSA) is 55.6 Å². The van der Waals surface area contributed by atoms with Crippen LogP contribution in [-0.2, 0) is 22.5 Å². The molecule has 0 spiro atoms. The number of carbonyl (C=O) groups is 1. The first-order chi connectivity index (χ1) is 10.2. The van der Waals surface area contributed by atoms with Gasteiger partial charge in [-0.3, -0.25) is 4.79 Å². The average molecular weight is 345 g/mol. The lowest BCUT2D eigenvalue weighted by atomic mass is 9.78. The molecule has 122 valence electrons. The molecule has 1 fully saturated rings. The van der Waals surface area contributed by atoms with E-state index < -0.39 is 5.41 Å². The van der Waals surface area contributed by atoms with Crippen LogP contribution in [0.1, 0.15) is 24.0 Å². The molecule has 0 aromatic heterocycles. The summed E-state index contributed by atoms with van der Waals surface area (Å²) in [7, 11) is 0. The minimum atomic E-state index is -0.436. The Morgan fingerprint density at radius 1 is 1.36 bits per heavy atom. The van der Waals surface area contributed by atoms with Gasteiger partial charge < -0.3 is 15.4 Å². The van der Waals surface area contributed by atoms with E-state index in [1.807, 2.05) is 17.0 Å². The van der Waals surface area contributed by atoms with Gasteiger partial charge in [0.25, 0.3) is 0 Å². The maximum atomic E-state index is 13.0. The van der Waals surface area contributed by atoms with Gasteiger partial charge in [0.05, 0.1) is 5.41 Å².